The van der Waals surface area contributed by atoms with Crippen molar-refractivity contribution in [1.82, 2.24) is 5.32 Å². The normalized spacial score (nSPS) is 12.8. The van der Waals surface area contributed by atoms with Crippen molar-refractivity contribution >= 4 is 5.91 Å². The molecular formula is C12H15F2NO3. The molecule has 0 saturated carbocycles. The van der Waals surface area contributed by atoms with Crippen LogP contribution in [0, 0.1) is 0 Å². The summed E-state index contributed by atoms with van der Waals surface area (Å²) >= 11 is 0. The van der Waals surface area contributed by atoms with Crippen molar-refractivity contribution in [2.75, 3.05) is 14.2 Å². The summed E-state index contributed by atoms with van der Waals surface area (Å²) in [4.78, 5) is 11.1. The Morgan fingerprint density at radius 1 is 1.17 bits per heavy atom. The van der Waals surface area contributed by atoms with E-state index in [2.05, 4.69) is 5.32 Å². The maximum absolute atomic E-state index is 12.3. The molecule has 0 aliphatic rings. The Balaban J connectivity index is 2.92. The van der Waals surface area contributed by atoms with Crippen molar-refractivity contribution in [3.8, 4) is 0 Å². The molecule has 1 aromatic carbocycles. The number of amides is 1. The fourth-order valence-corrected chi connectivity index (χ4v) is 1.55. The number of ether oxygens (including phenoxy) is 2. The molecule has 6 heteroatoms. The van der Waals surface area contributed by atoms with Gasteiger partial charge in [0.2, 0.25) is 0 Å². The molecule has 1 rings (SSSR count). The molecule has 0 aromatic heterocycles. The summed E-state index contributed by atoms with van der Waals surface area (Å²) in [5, 5.41) is 2.20. The second-order valence-electron chi connectivity index (χ2n) is 3.54. The number of rotatable bonds is 6. The van der Waals surface area contributed by atoms with Gasteiger partial charge in [0.15, 0.2) is 6.29 Å². The number of methoxy groups -OCH3 is 2. The second kappa shape index (κ2) is 7.03. The van der Waals surface area contributed by atoms with Crippen molar-refractivity contribution in [1.29, 1.82) is 0 Å². The third kappa shape index (κ3) is 3.75. The number of benzene rings is 1. The number of nitrogens with one attached hydrogen (secondary N) is 1. The first-order valence-corrected chi connectivity index (χ1v) is 5.29. The zero-order valence-electron chi connectivity index (χ0n) is 10.1. The van der Waals surface area contributed by atoms with Gasteiger partial charge in [-0.3, -0.25) is 4.79 Å². The lowest BCUT2D eigenvalue weighted by Crippen LogP contribution is -2.40. The van der Waals surface area contributed by atoms with Crippen LogP contribution >= 0.6 is 0 Å². The standard InChI is InChI=1S/C12H15F2NO3/c1-17-12(18-2)9(15-11(16)10(13)14)8-6-4-3-5-7-8/h3-7,9-10,12H,1-2H3,(H,15,16). The zero-order chi connectivity index (χ0) is 13.5. The summed E-state index contributed by atoms with van der Waals surface area (Å²) in [5.74, 6) is -1.36. The third-order valence-electron chi connectivity index (χ3n) is 2.39. The van der Waals surface area contributed by atoms with Crippen molar-refractivity contribution < 1.29 is 23.0 Å². The maximum Gasteiger partial charge on any atom is 0.315 e. The molecule has 1 atom stereocenters. The van der Waals surface area contributed by atoms with Gasteiger partial charge in [-0.1, -0.05) is 30.3 Å². The number of halogens is 2. The highest BCUT2D eigenvalue weighted by molar-refractivity contribution is 5.79. The first-order valence-electron chi connectivity index (χ1n) is 5.29. The lowest BCUT2D eigenvalue weighted by Gasteiger charge is -2.26. The average molecular weight is 259 g/mol. The first kappa shape index (κ1) is 14.5. The monoisotopic (exact) mass is 259 g/mol. The molecule has 0 spiro atoms. The Kier molecular flexibility index (Phi) is 5.67. The highest BCUT2D eigenvalue weighted by Crippen LogP contribution is 2.19. The van der Waals surface area contributed by atoms with E-state index < -0.39 is 24.7 Å². The fraction of sp³-hybridized carbons (Fsp3) is 0.417. The van der Waals surface area contributed by atoms with Crippen LogP contribution in [0.3, 0.4) is 0 Å². The highest BCUT2D eigenvalue weighted by atomic mass is 19.3. The van der Waals surface area contributed by atoms with Crippen molar-refractivity contribution in [2.45, 2.75) is 18.8 Å². The highest BCUT2D eigenvalue weighted by Gasteiger charge is 2.27. The predicted octanol–water partition coefficient (Wildman–Crippen LogP) is 1.73. The Morgan fingerprint density at radius 3 is 2.17 bits per heavy atom. The maximum atomic E-state index is 12.3. The Bertz CT molecular complexity index is 369. The van der Waals surface area contributed by atoms with Gasteiger partial charge < -0.3 is 14.8 Å². The topological polar surface area (TPSA) is 47.6 Å². The van der Waals surface area contributed by atoms with Gasteiger partial charge in [0, 0.05) is 14.2 Å². The van der Waals surface area contributed by atoms with Crippen LogP contribution in [0.25, 0.3) is 0 Å². The van der Waals surface area contributed by atoms with Gasteiger partial charge in [-0.15, -0.1) is 0 Å². The summed E-state index contributed by atoms with van der Waals surface area (Å²) in [7, 11) is 2.75. The molecule has 1 N–H and O–H groups in total. The van der Waals surface area contributed by atoms with Crippen molar-refractivity contribution in [3.05, 3.63) is 35.9 Å². The van der Waals surface area contributed by atoms with Gasteiger partial charge in [-0.05, 0) is 5.56 Å². The molecule has 0 bridgehead atoms. The molecule has 18 heavy (non-hydrogen) atoms. The van der Waals surface area contributed by atoms with Gasteiger partial charge in [0.25, 0.3) is 5.91 Å². The van der Waals surface area contributed by atoms with Crippen molar-refractivity contribution in [3.63, 3.8) is 0 Å². The molecule has 0 aliphatic carbocycles. The number of carbonyl (C=O) groups excluding carboxylic acids is 1. The molecule has 0 radical (unpaired) electrons. The van der Waals surface area contributed by atoms with Crippen LogP contribution < -0.4 is 5.32 Å². The smallest absolute Gasteiger partial charge is 0.315 e. The van der Waals surface area contributed by atoms with Gasteiger partial charge in [0.05, 0.1) is 0 Å². The average Bonchev–Trinajstić information content (AvgIpc) is 2.39. The van der Waals surface area contributed by atoms with Crippen LogP contribution in [0.5, 0.6) is 0 Å². The lowest BCUT2D eigenvalue weighted by molar-refractivity contribution is -0.145. The minimum Gasteiger partial charge on any atom is -0.353 e. The van der Waals surface area contributed by atoms with Crippen LogP contribution in [0.2, 0.25) is 0 Å². The lowest BCUT2D eigenvalue weighted by atomic mass is 10.1. The molecule has 0 heterocycles. The van der Waals surface area contributed by atoms with Crippen LogP contribution in [-0.4, -0.2) is 32.8 Å². The predicted molar refractivity (Wildman–Crippen MR) is 61.1 cm³/mol. The van der Waals surface area contributed by atoms with E-state index in [-0.39, 0.29) is 0 Å². The molecular weight excluding hydrogens is 244 g/mol. The summed E-state index contributed by atoms with van der Waals surface area (Å²) in [6.45, 7) is 0. The van der Waals surface area contributed by atoms with Gasteiger partial charge in [0.1, 0.15) is 6.04 Å². The van der Waals surface area contributed by atoms with E-state index in [0.29, 0.717) is 5.56 Å². The molecule has 1 aromatic rings. The SMILES string of the molecule is COC(OC)C(NC(=O)C(F)F)c1ccccc1. The first-order chi connectivity index (χ1) is 8.60. The van der Waals surface area contributed by atoms with E-state index >= 15 is 0 Å². The largest absolute Gasteiger partial charge is 0.353 e. The fourth-order valence-electron chi connectivity index (χ4n) is 1.55. The van der Waals surface area contributed by atoms with E-state index in [1.54, 1.807) is 30.3 Å². The van der Waals surface area contributed by atoms with Crippen LogP contribution in [-0.2, 0) is 14.3 Å². The summed E-state index contributed by atoms with van der Waals surface area (Å²) < 4.78 is 34.6. The van der Waals surface area contributed by atoms with E-state index in [4.69, 9.17) is 9.47 Å². The zero-order valence-corrected chi connectivity index (χ0v) is 10.1. The number of hydrogen-bond donors (Lipinski definition) is 1. The van der Waals surface area contributed by atoms with E-state index in [1.165, 1.54) is 14.2 Å². The third-order valence-corrected chi connectivity index (χ3v) is 2.39. The summed E-state index contributed by atoms with van der Waals surface area (Å²) in [6, 6.07) is 7.86. The van der Waals surface area contributed by atoms with Gasteiger partial charge in [-0.25, -0.2) is 0 Å². The van der Waals surface area contributed by atoms with E-state index in [9.17, 15) is 13.6 Å². The second-order valence-corrected chi connectivity index (χ2v) is 3.54. The van der Waals surface area contributed by atoms with E-state index in [1.807, 2.05) is 0 Å². The summed E-state index contributed by atoms with van der Waals surface area (Å²) in [5.41, 5.74) is 0.625. The molecule has 1 unspecified atom stereocenters. The Hall–Kier alpha value is -1.53. The van der Waals surface area contributed by atoms with Crippen LogP contribution in [0.15, 0.2) is 30.3 Å². The Morgan fingerprint density at radius 2 is 1.72 bits per heavy atom. The van der Waals surface area contributed by atoms with Crippen molar-refractivity contribution in [2.24, 2.45) is 0 Å². The van der Waals surface area contributed by atoms with Gasteiger partial charge in [-0.2, -0.15) is 8.78 Å². The molecule has 100 valence electrons. The molecule has 0 aliphatic heterocycles. The van der Waals surface area contributed by atoms with E-state index in [0.717, 1.165) is 0 Å². The number of alkyl halides is 2. The van der Waals surface area contributed by atoms with Gasteiger partial charge >= 0.3 is 6.43 Å². The quantitative estimate of drug-likeness (QED) is 0.791. The van der Waals surface area contributed by atoms with Crippen LogP contribution in [0.4, 0.5) is 8.78 Å². The van der Waals surface area contributed by atoms with Crippen LogP contribution in [0.1, 0.15) is 11.6 Å². The minimum absolute atomic E-state index is 0.625. The molecule has 0 fully saturated rings. The molecule has 1 amide bonds. The molecule has 0 saturated heterocycles. The number of carbonyl (C=O) groups is 1. The Labute approximate surface area is 104 Å². The summed E-state index contributed by atoms with van der Waals surface area (Å²) in [6.07, 6.45) is -3.92. The molecule has 4 nitrogen and oxygen atoms in total. The number of hydrogen-bond acceptors (Lipinski definition) is 3. The minimum atomic E-state index is -3.08.